The van der Waals surface area contributed by atoms with E-state index in [1.807, 2.05) is 30.3 Å². The summed E-state index contributed by atoms with van der Waals surface area (Å²) >= 11 is 0. The summed E-state index contributed by atoms with van der Waals surface area (Å²) in [4.78, 5) is 2.34. The first-order valence-corrected chi connectivity index (χ1v) is 7.52. The smallest absolute Gasteiger partial charge is 0.145 e. The molecule has 1 unspecified atom stereocenters. The van der Waals surface area contributed by atoms with E-state index in [9.17, 15) is 5.26 Å². The predicted octanol–water partition coefficient (Wildman–Crippen LogP) is 2.89. The van der Waals surface area contributed by atoms with Gasteiger partial charge in [0.05, 0.1) is 6.07 Å². The minimum atomic E-state index is -0.625. The summed E-state index contributed by atoms with van der Waals surface area (Å²) < 4.78 is 0. The molecule has 1 N–H and O–H groups in total. The molecule has 1 aliphatic carbocycles. The van der Waals surface area contributed by atoms with Gasteiger partial charge in [-0.2, -0.15) is 5.26 Å². The van der Waals surface area contributed by atoms with E-state index in [-0.39, 0.29) is 6.04 Å². The highest BCUT2D eigenvalue weighted by Gasteiger charge is 2.36. The maximum absolute atomic E-state index is 9.86. The Morgan fingerprint density at radius 3 is 2.45 bits per heavy atom. The van der Waals surface area contributed by atoms with Crippen molar-refractivity contribution < 1.29 is 0 Å². The highest BCUT2D eigenvalue weighted by atomic mass is 15.2. The first-order valence-electron chi connectivity index (χ1n) is 7.52. The minimum Gasteiger partial charge on any atom is -0.300 e. The molecule has 0 aromatic heterocycles. The normalized spacial score (nSPS) is 18.6. The monoisotopic (exact) mass is 271 g/mol. The van der Waals surface area contributed by atoms with Crippen LogP contribution in [0.4, 0.5) is 0 Å². The van der Waals surface area contributed by atoms with Gasteiger partial charge in [0.25, 0.3) is 0 Å². The van der Waals surface area contributed by atoms with E-state index in [1.165, 1.54) is 19.3 Å². The number of likely N-dealkylation sites (N-methyl/N-ethyl adjacent to an activating group) is 1. The van der Waals surface area contributed by atoms with Crippen LogP contribution < -0.4 is 5.32 Å². The van der Waals surface area contributed by atoms with E-state index in [1.54, 1.807) is 0 Å². The third-order valence-corrected chi connectivity index (χ3v) is 4.18. The van der Waals surface area contributed by atoms with Crippen LogP contribution in [0.3, 0.4) is 0 Å². The van der Waals surface area contributed by atoms with E-state index < -0.39 is 5.54 Å². The zero-order valence-corrected chi connectivity index (χ0v) is 12.8. The Morgan fingerprint density at radius 1 is 1.35 bits per heavy atom. The van der Waals surface area contributed by atoms with Gasteiger partial charge in [0, 0.05) is 18.6 Å². The molecule has 3 nitrogen and oxygen atoms in total. The maximum Gasteiger partial charge on any atom is 0.145 e. The number of rotatable bonds is 6. The van der Waals surface area contributed by atoms with Crippen LogP contribution in [-0.2, 0) is 5.54 Å². The molecule has 0 amide bonds. The largest absolute Gasteiger partial charge is 0.300 e. The summed E-state index contributed by atoms with van der Waals surface area (Å²) in [5, 5.41) is 13.4. The Balaban J connectivity index is 2.25. The Bertz CT molecular complexity index is 459. The lowest BCUT2D eigenvalue weighted by molar-refractivity contribution is 0.126. The van der Waals surface area contributed by atoms with Gasteiger partial charge in [-0.1, -0.05) is 36.8 Å². The molecule has 1 saturated carbocycles. The van der Waals surface area contributed by atoms with Gasteiger partial charge in [-0.05, 0) is 39.3 Å². The molecular weight excluding hydrogens is 246 g/mol. The lowest BCUT2D eigenvalue weighted by Crippen LogP contribution is -2.54. The second-order valence-corrected chi connectivity index (χ2v) is 6.18. The first-order chi connectivity index (χ1) is 9.57. The molecule has 1 aliphatic rings. The molecule has 0 spiro atoms. The summed E-state index contributed by atoms with van der Waals surface area (Å²) in [5.41, 5.74) is 0.433. The van der Waals surface area contributed by atoms with Gasteiger partial charge < -0.3 is 4.90 Å². The Labute approximate surface area is 122 Å². The summed E-state index contributed by atoms with van der Waals surface area (Å²) in [7, 11) is 2.14. The SMILES string of the molecule is CC(C)NC(C#N)(CN(C)C1CCC1)c1ccccc1. The average molecular weight is 271 g/mol. The molecular formula is C17H25N3. The van der Waals surface area contributed by atoms with Crippen molar-refractivity contribution in [2.75, 3.05) is 13.6 Å². The van der Waals surface area contributed by atoms with Gasteiger partial charge in [-0.3, -0.25) is 5.32 Å². The van der Waals surface area contributed by atoms with E-state index in [0.717, 1.165) is 12.1 Å². The topological polar surface area (TPSA) is 39.1 Å². The second kappa shape index (κ2) is 6.39. The van der Waals surface area contributed by atoms with Crippen LogP contribution in [-0.4, -0.2) is 30.6 Å². The molecule has 108 valence electrons. The molecule has 0 saturated heterocycles. The van der Waals surface area contributed by atoms with Crippen molar-refractivity contribution in [3.63, 3.8) is 0 Å². The molecule has 20 heavy (non-hydrogen) atoms. The molecule has 0 aliphatic heterocycles. The molecule has 3 heteroatoms. The molecule has 0 radical (unpaired) electrons. The summed E-state index contributed by atoms with van der Waals surface area (Å²) in [6, 6.07) is 13.6. The van der Waals surface area contributed by atoms with Gasteiger partial charge >= 0.3 is 0 Å². The van der Waals surface area contributed by atoms with Crippen molar-refractivity contribution in [1.82, 2.24) is 10.2 Å². The minimum absolute atomic E-state index is 0.268. The van der Waals surface area contributed by atoms with E-state index in [0.29, 0.717) is 6.04 Å². The van der Waals surface area contributed by atoms with Gasteiger partial charge in [0.15, 0.2) is 0 Å². The van der Waals surface area contributed by atoms with Crippen LogP contribution in [0.2, 0.25) is 0 Å². The number of nitrogens with zero attached hydrogens (tertiary/aromatic N) is 2. The van der Waals surface area contributed by atoms with Crippen LogP contribution in [0.15, 0.2) is 30.3 Å². The van der Waals surface area contributed by atoms with Crippen LogP contribution in [0, 0.1) is 11.3 Å². The van der Waals surface area contributed by atoms with Crippen molar-refractivity contribution in [2.45, 2.75) is 50.7 Å². The predicted molar refractivity (Wildman–Crippen MR) is 82.3 cm³/mol. The number of hydrogen-bond donors (Lipinski definition) is 1. The van der Waals surface area contributed by atoms with Gasteiger partial charge in [-0.25, -0.2) is 0 Å². The first kappa shape index (κ1) is 15.0. The zero-order valence-electron chi connectivity index (χ0n) is 12.8. The maximum atomic E-state index is 9.86. The Kier molecular flexibility index (Phi) is 4.80. The van der Waals surface area contributed by atoms with Crippen LogP contribution in [0.25, 0.3) is 0 Å². The number of hydrogen-bond acceptors (Lipinski definition) is 3. The number of nitriles is 1. The third kappa shape index (κ3) is 3.20. The molecule has 0 heterocycles. The van der Waals surface area contributed by atoms with Gasteiger partial charge in [0.1, 0.15) is 5.54 Å². The fraction of sp³-hybridized carbons (Fsp3) is 0.588. The fourth-order valence-corrected chi connectivity index (χ4v) is 2.90. The van der Waals surface area contributed by atoms with Crippen molar-refractivity contribution in [3.05, 3.63) is 35.9 Å². The van der Waals surface area contributed by atoms with Crippen LogP contribution in [0.1, 0.15) is 38.7 Å². The van der Waals surface area contributed by atoms with E-state index >= 15 is 0 Å². The van der Waals surface area contributed by atoms with Gasteiger partial charge in [0.2, 0.25) is 0 Å². The van der Waals surface area contributed by atoms with Gasteiger partial charge in [-0.15, -0.1) is 0 Å². The van der Waals surface area contributed by atoms with E-state index in [4.69, 9.17) is 0 Å². The highest BCUT2D eigenvalue weighted by molar-refractivity contribution is 5.32. The number of nitrogens with one attached hydrogen (secondary N) is 1. The van der Waals surface area contributed by atoms with Crippen molar-refractivity contribution >= 4 is 0 Å². The zero-order chi connectivity index (χ0) is 14.6. The van der Waals surface area contributed by atoms with Crippen LogP contribution in [0.5, 0.6) is 0 Å². The lowest BCUT2D eigenvalue weighted by Gasteiger charge is -2.40. The summed E-state index contributed by atoms with van der Waals surface area (Å²) in [6.07, 6.45) is 3.83. The van der Waals surface area contributed by atoms with Crippen molar-refractivity contribution in [3.8, 4) is 6.07 Å². The molecule has 1 aromatic rings. The fourth-order valence-electron chi connectivity index (χ4n) is 2.90. The molecule has 1 fully saturated rings. The summed E-state index contributed by atoms with van der Waals surface area (Å²) in [5.74, 6) is 0. The Hall–Kier alpha value is -1.37. The molecule has 0 bridgehead atoms. The van der Waals surface area contributed by atoms with Crippen LogP contribution >= 0.6 is 0 Å². The quantitative estimate of drug-likeness (QED) is 0.864. The standard InChI is InChI=1S/C17H25N3/c1-14(2)19-17(12-18,15-8-5-4-6-9-15)13-20(3)16-10-7-11-16/h4-6,8-9,14,16,19H,7,10-11,13H2,1-3H3. The van der Waals surface area contributed by atoms with Crippen molar-refractivity contribution in [1.29, 1.82) is 5.26 Å². The summed E-state index contributed by atoms with van der Waals surface area (Å²) in [6.45, 7) is 4.92. The highest BCUT2D eigenvalue weighted by Crippen LogP contribution is 2.28. The second-order valence-electron chi connectivity index (χ2n) is 6.18. The lowest BCUT2D eigenvalue weighted by atomic mass is 9.86. The number of benzene rings is 1. The van der Waals surface area contributed by atoms with E-state index in [2.05, 4.69) is 37.2 Å². The van der Waals surface area contributed by atoms with Crippen molar-refractivity contribution in [2.24, 2.45) is 0 Å². The molecule has 2 rings (SSSR count). The third-order valence-electron chi connectivity index (χ3n) is 4.18. The average Bonchev–Trinajstić information content (AvgIpc) is 2.36. The molecule has 1 atom stereocenters. The molecule has 1 aromatic carbocycles. The Morgan fingerprint density at radius 2 is 2.00 bits per heavy atom.